The molecule has 1 aromatic rings. The third-order valence-electron chi connectivity index (χ3n) is 2.33. The van der Waals surface area contributed by atoms with Crippen LogP contribution < -0.4 is 4.74 Å². The normalized spacial score (nSPS) is 10.6. The standard InChI is InChI=1S/C11H11BrF2O3/c1-6-8(4-10(15)16)7(5-12)2-3-9(6)17-11(13)14/h2-3,11H,4-5H2,1H3,(H,15,16). The largest absolute Gasteiger partial charge is 0.481 e. The van der Waals surface area contributed by atoms with Crippen LogP contribution in [0.5, 0.6) is 5.75 Å². The van der Waals surface area contributed by atoms with Gasteiger partial charge in [0.2, 0.25) is 0 Å². The van der Waals surface area contributed by atoms with E-state index in [0.717, 1.165) is 5.56 Å². The topological polar surface area (TPSA) is 46.5 Å². The highest BCUT2D eigenvalue weighted by molar-refractivity contribution is 9.08. The minimum absolute atomic E-state index is 0.0148. The Kier molecular flexibility index (Phi) is 4.86. The summed E-state index contributed by atoms with van der Waals surface area (Å²) in [4.78, 5) is 10.7. The number of hydrogen-bond acceptors (Lipinski definition) is 2. The minimum atomic E-state index is -2.92. The lowest BCUT2D eigenvalue weighted by molar-refractivity contribution is -0.136. The third-order valence-corrected chi connectivity index (χ3v) is 2.94. The van der Waals surface area contributed by atoms with E-state index in [9.17, 15) is 13.6 Å². The van der Waals surface area contributed by atoms with Crippen LogP contribution in [-0.2, 0) is 16.5 Å². The van der Waals surface area contributed by atoms with Gasteiger partial charge in [-0.05, 0) is 29.7 Å². The molecule has 0 amide bonds. The molecule has 1 N–H and O–H groups in total. The molecule has 0 saturated heterocycles. The highest BCUT2D eigenvalue weighted by atomic mass is 79.9. The van der Waals surface area contributed by atoms with Crippen molar-refractivity contribution in [1.82, 2.24) is 0 Å². The maximum absolute atomic E-state index is 12.1. The summed E-state index contributed by atoms with van der Waals surface area (Å²) >= 11 is 3.23. The molecule has 0 radical (unpaired) electrons. The minimum Gasteiger partial charge on any atom is -0.481 e. The van der Waals surface area contributed by atoms with Gasteiger partial charge in [-0.3, -0.25) is 4.79 Å². The average molecular weight is 309 g/mol. The number of alkyl halides is 3. The number of rotatable bonds is 5. The molecule has 0 aliphatic carbocycles. The number of halogens is 3. The fraction of sp³-hybridized carbons (Fsp3) is 0.364. The first-order chi connectivity index (χ1) is 7.95. The lowest BCUT2D eigenvalue weighted by atomic mass is 9.99. The van der Waals surface area contributed by atoms with Gasteiger partial charge in [-0.2, -0.15) is 8.78 Å². The van der Waals surface area contributed by atoms with E-state index >= 15 is 0 Å². The van der Waals surface area contributed by atoms with Gasteiger partial charge in [0, 0.05) is 5.33 Å². The molecule has 3 nitrogen and oxygen atoms in total. The van der Waals surface area contributed by atoms with Crippen LogP contribution in [0.1, 0.15) is 16.7 Å². The molecular weight excluding hydrogens is 298 g/mol. The molecule has 0 unspecified atom stereocenters. The van der Waals surface area contributed by atoms with E-state index in [1.807, 2.05) is 0 Å². The van der Waals surface area contributed by atoms with Gasteiger partial charge in [-0.25, -0.2) is 0 Å². The average Bonchev–Trinajstić information content (AvgIpc) is 2.23. The highest BCUT2D eigenvalue weighted by Crippen LogP contribution is 2.28. The molecular formula is C11H11BrF2O3. The van der Waals surface area contributed by atoms with Crippen LogP contribution in [0.3, 0.4) is 0 Å². The van der Waals surface area contributed by atoms with Crippen LogP contribution in [0.25, 0.3) is 0 Å². The Labute approximate surface area is 106 Å². The van der Waals surface area contributed by atoms with Crippen LogP contribution in [-0.4, -0.2) is 17.7 Å². The molecule has 0 bridgehead atoms. The second-order valence-corrected chi connectivity index (χ2v) is 3.97. The zero-order chi connectivity index (χ0) is 13.0. The van der Waals surface area contributed by atoms with E-state index in [1.54, 1.807) is 13.0 Å². The number of benzene rings is 1. The summed E-state index contributed by atoms with van der Waals surface area (Å²) in [5, 5.41) is 9.24. The van der Waals surface area contributed by atoms with Gasteiger partial charge >= 0.3 is 12.6 Å². The maximum atomic E-state index is 12.1. The Hall–Kier alpha value is -1.17. The monoisotopic (exact) mass is 308 g/mol. The van der Waals surface area contributed by atoms with Crippen molar-refractivity contribution in [1.29, 1.82) is 0 Å². The summed E-state index contributed by atoms with van der Waals surface area (Å²) < 4.78 is 28.6. The molecule has 0 fully saturated rings. The van der Waals surface area contributed by atoms with Gasteiger partial charge < -0.3 is 9.84 Å². The van der Waals surface area contributed by atoms with Crippen LogP contribution in [0.15, 0.2) is 12.1 Å². The number of ether oxygens (including phenoxy) is 1. The Balaban J connectivity index is 3.17. The Morgan fingerprint density at radius 3 is 2.65 bits per heavy atom. The SMILES string of the molecule is Cc1c(OC(F)F)ccc(CBr)c1CC(=O)O. The summed E-state index contributed by atoms with van der Waals surface area (Å²) in [6.45, 7) is -1.34. The van der Waals surface area contributed by atoms with Gasteiger partial charge in [0.25, 0.3) is 0 Å². The van der Waals surface area contributed by atoms with Crippen molar-refractivity contribution in [3.8, 4) is 5.75 Å². The predicted molar refractivity (Wildman–Crippen MR) is 61.8 cm³/mol. The van der Waals surface area contributed by atoms with E-state index in [0.29, 0.717) is 16.5 Å². The highest BCUT2D eigenvalue weighted by Gasteiger charge is 2.15. The van der Waals surface area contributed by atoms with Crippen LogP contribution in [0.4, 0.5) is 8.78 Å². The fourth-order valence-electron chi connectivity index (χ4n) is 1.54. The zero-order valence-corrected chi connectivity index (χ0v) is 10.6. The van der Waals surface area contributed by atoms with Gasteiger partial charge in [0.1, 0.15) is 5.75 Å². The number of carboxylic acids is 1. The zero-order valence-electron chi connectivity index (χ0n) is 9.04. The van der Waals surface area contributed by atoms with Crippen molar-refractivity contribution < 1.29 is 23.4 Å². The lowest BCUT2D eigenvalue weighted by Crippen LogP contribution is -2.09. The number of hydrogen-bond donors (Lipinski definition) is 1. The molecule has 0 spiro atoms. The maximum Gasteiger partial charge on any atom is 0.387 e. The predicted octanol–water partition coefficient (Wildman–Crippen LogP) is 3.12. The van der Waals surface area contributed by atoms with E-state index in [1.165, 1.54) is 6.07 Å². The van der Waals surface area contributed by atoms with Crippen molar-refractivity contribution in [2.24, 2.45) is 0 Å². The first-order valence-corrected chi connectivity index (χ1v) is 5.91. The summed E-state index contributed by atoms with van der Waals surface area (Å²) in [6.07, 6.45) is -0.215. The third kappa shape index (κ3) is 3.66. The summed E-state index contributed by atoms with van der Waals surface area (Å²) in [6, 6.07) is 3.00. The van der Waals surface area contributed by atoms with Gasteiger partial charge in [-0.15, -0.1) is 0 Å². The summed E-state index contributed by atoms with van der Waals surface area (Å²) in [7, 11) is 0. The molecule has 94 valence electrons. The van der Waals surface area contributed by atoms with Crippen molar-refractivity contribution >= 4 is 21.9 Å². The van der Waals surface area contributed by atoms with E-state index < -0.39 is 12.6 Å². The second-order valence-electron chi connectivity index (χ2n) is 3.41. The molecule has 0 saturated carbocycles. The van der Waals surface area contributed by atoms with Crippen LogP contribution in [0, 0.1) is 6.92 Å². The first kappa shape index (κ1) is 13.9. The van der Waals surface area contributed by atoms with Gasteiger partial charge in [-0.1, -0.05) is 22.0 Å². The molecule has 17 heavy (non-hydrogen) atoms. The Morgan fingerprint density at radius 2 is 2.18 bits per heavy atom. The molecule has 0 aliphatic rings. The fourth-order valence-corrected chi connectivity index (χ4v) is 2.06. The Morgan fingerprint density at radius 1 is 1.53 bits per heavy atom. The van der Waals surface area contributed by atoms with Crippen LogP contribution >= 0.6 is 15.9 Å². The smallest absolute Gasteiger partial charge is 0.387 e. The number of carboxylic acid groups (broad SMARTS) is 1. The van der Waals surface area contributed by atoms with E-state index in [2.05, 4.69) is 20.7 Å². The van der Waals surface area contributed by atoms with E-state index in [4.69, 9.17) is 5.11 Å². The molecule has 0 aromatic heterocycles. The van der Waals surface area contributed by atoms with Crippen molar-refractivity contribution in [3.63, 3.8) is 0 Å². The van der Waals surface area contributed by atoms with Gasteiger partial charge in [0.15, 0.2) is 0 Å². The molecule has 1 aromatic carbocycles. The molecule has 0 heterocycles. The summed E-state index contributed by atoms with van der Waals surface area (Å²) in [5.74, 6) is -0.995. The second kappa shape index (κ2) is 5.95. The molecule has 6 heteroatoms. The van der Waals surface area contributed by atoms with Crippen molar-refractivity contribution in [2.45, 2.75) is 25.3 Å². The molecule has 1 rings (SSSR count). The van der Waals surface area contributed by atoms with Crippen LogP contribution in [0.2, 0.25) is 0 Å². The molecule has 0 atom stereocenters. The van der Waals surface area contributed by atoms with Gasteiger partial charge in [0.05, 0.1) is 6.42 Å². The van der Waals surface area contributed by atoms with Crippen molar-refractivity contribution in [3.05, 3.63) is 28.8 Å². The quantitative estimate of drug-likeness (QED) is 0.850. The number of carbonyl (C=O) groups is 1. The lowest BCUT2D eigenvalue weighted by Gasteiger charge is -2.14. The summed E-state index contributed by atoms with van der Waals surface area (Å²) in [5.41, 5.74) is 1.70. The molecule has 0 aliphatic heterocycles. The number of aliphatic carboxylic acids is 1. The van der Waals surface area contributed by atoms with E-state index in [-0.39, 0.29) is 12.2 Å². The first-order valence-electron chi connectivity index (χ1n) is 4.79. The Bertz CT molecular complexity index is 421. The van der Waals surface area contributed by atoms with Crippen molar-refractivity contribution in [2.75, 3.05) is 0 Å².